The van der Waals surface area contributed by atoms with Crippen LogP contribution in [0.15, 0.2) is 11.2 Å². The monoisotopic (exact) mass is 560 g/mol. The van der Waals surface area contributed by atoms with Gasteiger partial charge in [-0.25, -0.2) is 9.78 Å². The number of piperidine rings is 1. The third-order valence-electron chi connectivity index (χ3n) is 8.32. The van der Waals surface area contributed by atoms with Gasteiger partial charge in [-0.05, 0) is 71.8 Å². The van der Waals surface area contributed by atoms with Crippen LogP contribution >= 0.6 is 0 Å². The van der Waals surface area contributed by atoms with E-state index in [9.17, 15) is 10.0 Å². The fraction of sp³-hybridized carbons (Fsp3) is 0.786. The molecular formula is C28H48N8O4. The highest BCUT2D eigenvalue weighted by Gasteiger charge is 2.43. The first-order chi connectivity index (χ1) is 19.0. The zero-order valence-corrected chi connectivity index (χ0v) is 24.9. The standard InChI is InChI=1S/C28H48N8O4/c1-21-19-33(12-7-17-39-5)11-6-13-36(21)25-30-22(24(29)32-38)18-23(31-25)34-14-8-28(9-15-34)10-16-35(20-28)26(37)40-27(2,3)4/h18,21,38H,6-17,19-20H2,1-5H3,(H2,29,32)/t21-/m0/s1. The Morgan fingerprint density at radius 2 is 1.90 bits per heavy atom. The number of anilines is 2. The lowest BCUT2D eigenvalue weighted by molar-refractivity contribution is 0.0266. The molecule has 1 amide bonds. The van der Waals surface area contributed by atoms with Gasteiger partial charge in [0.2, 0.25) is 5.95 Å². The molecule has 1 aromatic heterocycles. The summed E-state index contributed by atoms with van der Waals surface area (Å²) in [7, 11) is 1.74. The third kappa shape index (κ3) is 7.45. The molecule has 0 saturated carbocycles. The molecule has 40 heavy (non-hydrogen) atoms. The average molecular weight is 561 g/mol. The van der Waals surface area contributed by atoms with Crippen molar-refractivity contribution in [1.82, 2.24) is 19.8 Å². The van der Waals surface area contributed by atoms with Crippen molar-refractivity contribution in [3.8, 4) is 0 Å². The van der Waals surface area contributed by atoms with Gasteiger partial charge in [-0.1, -0.05) is 5.16 Å². The van der Waals surface area contributed by atoms with Crippen LogP contribution < -0.4 is 15.5 Å². The number of rotatable bonds is 7. The summed E-state index contributed by atoms with van der Waals surface area (Å²) >= 11 is 0. The predicted molar refractivity (Wildman–Crippen MR) is 155 cm³/mol. The number of aromatic nitrogens is 2. The van der Waals surface area contributed by atoms with Crippen molar-refractivity contribution < 1.29 is 19.5 Å². The van der Waals surface area contributed by atoms with Crippen LogP contribution in [-0.2, 0) is 9.47 Å². The summed E-state index contributed by atoms with van der Waals surface area (Å²) in [6.45, 7) is 15.5. The van der Waals surface area contributed by atoms with Crippen molar-refractivity contribution in [2.45, 2.75) is 71.4 Å². The molecule has 3 aliphatic heterocycles. The Morgan fingerprint density at radius 1 is 1.18 bits per heavy atom. The topological polar surface area (TPSA) is 133 Å². The number of carbonyl (C=O) groups is 1. The van der Waals surface area contributed by atoms with Gasteiger partial charge in [0.05, 0.1) is 0 Å². The van der Waals surface area contributed by atoms with Crippen LogP contribution in [0, 0.1) is 5.41 Å². The number of amides is 1. The van der Waals surface area contributed by atoms with Crippen molar-refractivity contribution in [3.63, 3.8) is 0 Å². The Labute approximate surface area is 238 Å². The number of methoxy groups -OCH3 is 1. The van der Waals surface area contributed by atoms with Gasteiger partial charge in [-0.3, -0.25) is 0 Å². The molecular weight excluding hydrogens is 512 g/mol. The van der Waals surface area contributed by atoms with E-state index in [0.29, 0.717) is 11.6 Å². The van der Waals surface area contributed by atoms with Crippen LogP contribution in [-0.4, -0.2) is 115 Å². The molecule has 1 atom stereocenters. The van der Waals surface area contributed by atoms with E-state index in [0.717, 1.165) is 96.9 Å². The molecule has 3 N–H and O–H groups in total. The molecule has 0 aliphatic carbocycles. The minimum absolute atomic E-state index is 0.0224. The van der Waals surface area contributed by atoms with Gasteiger partial charge in [0.25, 0.3) is 0 Å². The first-order valence-corrected chi connectivity index (χ1v) is 14.6. The quantitative estimate of drug-likeness (QED) is 0.169. The van der Waals surface area contributed by atoms with E-state index in [2.05, 4.69) is 26.8 Å². The first-order valence-electron chi connectivity index (χ1n) is 14.6. The maximum Gasteiger partial charge on any atom is 0.410 e. The molecule has 1 aromatic rings. The highest BCUT2D eigenvalue weighted by Crippen LogP contribution is 2.41. The number of carbonyl (C=O) groups excluding carboxylic acids is 1. The molecule has 3 aliphatic rings. The Kier molecular flexibility index (Phi) is 9.60. The second-order valence-electron chi connectivity index (χ2n) is 12.6. The molecule has 3 fully saturated rings. The van der Waals surface area contributed by atoms with E-state index in [1.807, 2.05) is 31.7 Å². The van der Waals surface area contributed by atoms with Crippen molar-refractivity contribution in [2.75, 3.05) is 75.9 Å². The first kappa shape index (κ1) is 30.1. The summed E-state index contributed by atoms with van der Waals surface area (Å²) < 4.78 is 10.8. The lowest BCUT2D eigenvalue weighted by atomic mass is 9.78. The lowest BCUT2D eigenvalue weighted by Gasteiger charge is -2.40. The minimum atomic E-state index is -0.495. The molecule has 224 valence electrons. The molecule has 4 rings (SSSR count). The van der Waals surface area contributed by atoms with E-state index >= 15 is 0 Å². The summed E-state index contributed by atoms with van der Waals surface area (Å²) in [5.41, 5.74) is 6.06. The summed E-state index contributed by atoms with van der Waals surface area (Å²) in [6, 6.07) is 2.03. The number of nitrogens with two attached hydrogens (primary N) is 1. The number of likely N-dealkylation sites (tertiary alicyclic amines) is 1. The van der Waals surface area contributed by atoms with Crippen molar-refractivity contribution >= 4 is 23.7 Å². The lowest BCUT2D eigenvalue weighted by Crippen LogP contribution is -2.44. The zero-order chi connectivity index (χ0) is 28.9. The van der Waals surface area contributed by atoms with Crippen molar-refractivity contribution in [3.05, 3.63) is 11.8 Å². The van der Waals surface area contributed by atoms with E-state index in [1.54, 1.807) is 7.11 Å². The van der Waals surface area contributed by atoms with Gasteiger partial charge in [0, 0.05) is 71.6 Å². The van der Waals surface area contributed by atoms with Gasteiger partial charge in [-0.2, -0.15) is 4.98 Å². The zero-order valence-electron chi connectivity index (χ0n) is 24.9. The summed E-state index contributed by atoms with van der Waals surface area (Å²) in [4.78, 5) is 31.2. The predicted octanol–water partition coefficient (Wildman–Crippen LogP) is 2.74. The molecule has 4 heterocycles. The second kappa shape index (κ2) is 12.8. The highest BCUT2D eigenvalue weighted by atomic mass is 16.6. The van der Waals surface area contributed by atoms with Crippen LogP contribution in [0.4, 0.5) is 16.6 Å². The van der Waals surface area contributed by atoms with Gasteiger partial charge < -0.3 is 40.0 Å². The number of nitrogens with zero attached hydrogens (tertiary/aromatic N) is 7. The van der Waals surface area contributed by atoms with E-state index in [4.69, 9.17) is 25.2 Å². The maximum atomic E-state index is 12.6. The number of hydrogen-bond donors (Lipinski definition) is 2. The molecule has 0 aromatic carbocycles. The summed E-state index contributed by atoms with van der Waals surface area (Å²) in [5.74, 6) is 1.38. The Hall–Kier alpha value is -2.86. The second-order valence-corrected chi connectivity index (χ2v) is 12.6. The van der Waals surface area contributed by atoms with Crippen molar-refractivity contribution in [1.29, 1.82) is 0 Å². The van der Waals surface area contributed by atoms with Gasteiger partial charge in [0.15, 0.2) is 5.84 Å². The molecule has 12 heteroatoms. The average Bonchev–Trinajstić information content (AvgIpc) is 3.23. The van der Waals surface area contributed by atoms with Gasteiger partial charge in [0.1, 0.15) is 17.1 Å². The molecule has 0 radical (unpaired) electrons. The van der Waals surface area contributed by atoms with Crippen LogP contribution in [0.3, 0.4) is 0 Å². The Morgan fingerprint density at radius 3 is 2.58 bits per heavy atom. The van der Waals surface area contributed by atoms with Gasteiger partial charge in [-0.15, -0.1) is 0 Å². The smallest absolute Gasteiger partial charge is 0.410 e. The van der Waals surface area contributed by atoms with Crippen LogP contribution in [0.25, 0.3) is 0 Å². The molecule has 1 spiro atoms. The number of oxime groups is 1. The number of ether oxygens (including phenoxy) is 2. The fourth-order valence-electron chi connectivity index (χ4n) is 6.11. The summed E-state index contributed by atoms with van der Waals surface area (Å²) in [6.07, 6.45) is 4.69. The van der Waals surface area contributed by atoms with E-state index < -0.39 is 5.60 Å². The maximum absolute atomic E-state index is 12.6. The molecule has 3 saturated heterocycles. The summed E-state index contributed by atoms with van der Waals surface area (Å²) in [5, 5.41) is 12.6. The third-order valence-corrected chi connectivity index (χ3v) is 8.32. The SMILES string of the molecule is COCCCN1CCCN(c2nc(/C(N)=N/O)cc(N3CCC4(CCN(C(=O)OC(C)(C)C)C4)CC3)n2)[C@@H](C)C1. The Bertz CT molecular complexity index is 1040. The largest absolute Gasteiger partial charge is 0.444 e. The van der Waals surface area contributed by atoms with Crippen LogP contribution in [0.2, 0.25) is 0 Å². The Balaban J connectivity index is 1.46. The van der Waals surface area contributed by atoms with Crippen molar-refractivity contribution in [2.24, 2.45) is 16.3 Å². The molecule has 0 unspecified atom stereocenters. The number of amidine groups is 1. The van der Waals surface area contributed by atoms with E-state index in [1.165, 1.54) is 0 Å². The van der Waals surface area contributed by atoms with Crippen LogP contribution in [0.1, 0.15) is 65.5 Å². The molecule has 12 nitrogen and oxygen atoms in total. The number of hydrogen-bond acceptors (Lipinski definition) is 10. The molecule has 0 bridgehead atoms. The minimum Gasteiger partial charge on any atom is -0.444 e. The van der Waals surface area contributed by atoms with Crippen LogP contribution in [0.5, 0.6) is 0 Å². The highest BCUT2D eigenvalue weighted by molar-refractivity contribution is 5.96. The normalized spacial score (nSPS) is 22.6. The fourth-order valence-corrected chi connectivity index (χ4v) is 6.11. The van der Waals surface area contributed by atoms with Gasteiger partial charge >= 0.3 is 6.09 Å². The van der Waals surface area contributed by atoms with E-state index in [-0.39, 0.29) is 23.4 Å².